The van der Waals surface area contributed by atoms with Crippen LogP contribution in [0, 0.1) is 48.5 Å². The molecule has 5 rings (SSSR count). The van der Waals surface area contributed by atoms with Crippen molar-refractivity contribution >= 4 is 59.3 Å². The topological polar surface area (TPSA) is 186 Å². The summed E-state index contributed by atoms with van der Waals surface area (Å²) in [5.41, 5.74) is 1.32. The zero-order valence-electron chi connectivity index (χ0n) is 33.5. The summed E-state index contributed by atoms with van der Waals surface area (Å²) in [6.45, 7) is 14.5. The number of hydrogen-bond acceptors (Lipinski definition) is 15. The highest BCUT2D eigenvalue weighted by Crippen LogP contribution is 2.60. The van der Waals surface area contributed by atoms with Gasteiger partial charge in [-0.2, -0.15) is 0 Å². The summed E-state index contributed by atoms with van der Waals surface area (Å²) in [5.74, 6) is -2.54. The fraction of sp³-hybridized carbons (Fsp3) is 0.455. The zero-order valence-corrected chi connectivity index (χ0v) is 35.1. The summed E-state index contributed by atoms with van der Waals surface area (Å²) in [4.78, 5) is 79.0. The zero-order chi connectivity index (χ0) is 43.2. The van der Waals surface area contributed by atoms with Crippen molar-refractivity contribution in [1.29, 1.82) is 5.26 Å². The highest BCUT2D eigenvalue weighted by atomic mass is 32.2. The minimum Gasteiger partial charge on any atom is -0.465 e. The van der Waals surface area contributed by atoms with E-state index in [9.17, 15) is 34.0 Å². The SMILES string of the molecule is [C-]#[N+]/C(C#N)=C1\Sc2c(OC(=O)C3CCC(C(=O)Oc4ccc(CCOC(=O)CCC(=O)OCCOC(=O)C=C)cc4)CC3)cc(C)c(OC(=O)C3CCC(C)CC3)c2S1. The van der Waals surface area contributed by atoms with Crippen molar-refractivity contribution in [3.8, 4) is 23.3 Å². The van der Waals surface area contributed by atoms with Gasteiger partial charge in [0.15, 0.2) is 0 Å². The van der Waals surface area contributed by atoms with E-state index in [1.807, 2.05) is 6.07 Å². The summed E-state index contributed by atoms with van der Waals surface area (Å²) in [7, 11) is 0. The highest BCUT2D eigenvalue weighted by Gasteiger charge is 2.36. The number of fused-ring (bicyclic) bond motifs is 1. The molecular weight excluding hydrogens is 813 g/mol. The molecule has 2 fully saturated rings. The number of allylic oxidation sites excluding steroid dienone is 1. The largest absolute Gasteiger partial charge is 0.465 e. The fourth-order valence-electron chi connectivity index (χ4n) is 6.88. The van der Waals surface area contributed by atoms with Crippen LogP contribution < -0.4 is 14.2 Å². The van der Waals surface area contributed by atoms with Crippen LogP contribution in [-0.2, 0) is 49.4 Å². The number of hydrogen-bond donors (Lipinski definition) is 0. The van der Waals surface area contributed by atoms with E-state index in [0.29, 0.717) is 69.1 Å². The number of aryl methyl sites for hydroxylation is 1. The average Bonchev–Trinajstić information content (AvgIpc) is 3.69. The van der Waals surface area contributed by atoms with Gasteiger partial charge < -0.3 is 28.4 Å². The van der Waals surface area contributed by atoms with Crippen LogP contribution in [0.1, 0.15) is 82.3 Å². The molecule has 0 amide bonds. The maximum absolute atomic E-state index is 13.5. The minimum atomic E-state index is -0.628. The lowest BCUT2D eigenvalue weighted by atomic mass is 9.82. The third-order valence-electron chi connectivity index (χ3n) is 10.4. The van der Waals surface area contributed by atoms with Gasteiger partial charge in [-0.05, 0) is 93.5 Å². The Balaban J connectivity index is 1.07. The van der Waals surface area contributed by atoms with Crippen LogP contribution >= 0.6 is 23.5 Å². The Kier molecular flexibility index (Phi) is 16.8. The normalized spacial score (nSPS) is 20.2. The van der Waals surface area contributed by atoms with Crippen LogP contribution in [0.2, 0.25) is 0 Å². The lowest BCUT2D eigenvalue weighted by Crippen LogP contribution is -2.30. The van der Waals surface area contributed by atoms with Crippen molar-refractivity contribution in [1.82, 2.24) is 0 Å². The molecular formula is C44H46N2O12S2. The molecule has 2 saturated carbocycles. The van der Waals surface area contributed by atoms with Crippen LogP contribution in [0.5, 0.6) is 17.2 Å². The summed E-state index contributed by atoms with van der Waals surface area (Å²) >= 11 is 2.30. The third kappa shape index (κ3) is 12.7. The van der Waals surface area contributed by atoms with Crippen molar-refractivity contribution in [2.24, 2.45) is 23.7 Å². The van der Waals surface area contributed by atoms with Gasteiger partial charge in [0.25, 0.3) is 5.70 Å². The quantitative estimate of drug-likeness (QED) is 0.0300. The Morgan fingerprint density at radius 2 is 1.32 bits per heavy atom. The Hall–Kier alpha value is -5.58. The average molecular weight is 859 g/mol. The summed E-state index contributed by atoms with van der Waals surface area (Å²) in [6, 6.07) is 10.4. The number of nitrogens with zero attached hydrogens (tertiary/aromatic N) is 2. The van der Waals surface area contributed by atoms with Gasteiger partial charge in [0.2, 0.25) is 0 Å². The Morgan fingerprint density at radius 1 is 0.783 bits per heavy atom. The maximum Gasteiger partial charge on any atom is 0.330 e. The lowest BCUT2D eigenvalue weighted by Gasteiger charge is -2.26. The van der Waals surface area contributed by atoms with Gasteiger partial charge in [0.1, 0.15) is 30.5 Å². The van der Waals surface area contributed by atoms with E-state index >= 15 is 0 Å². The molecule has 0 aromatic heterocycles. The number of carbonyl (C=O) groups excluding carboxylic acids is 6. The van der Waals surface area contributed by atoms with Crippen molar-refractivity contribution in [2.75, 3.05) is 19.8 Å². The summed E-state index contributed by atoms with van der Waals surface area (Å²) in [6.07, 6.45) is 6.13. The number of benzene rings is 2. The number of rotatable bonds is 16. The van der Waals surface area contributed by atoms with E-state index in [4.69, 9.17) is 35.0 Å². The van der Waals surface area contributed by atoms with Crippen LogP contribution in [0.3, 0.4) is 0 Å². The van der Waals surface area contributed by atoms with Gasteiger partial charge in [-0.15, -0.1) is 0 Å². The number of ether oxygens (including phenoxy) is 6. The molecule has 2 aromatic carbocycles. The fourth-order valence-corrected chi connectivity index (χ4v) is 9.42. The molecule has 316 valence electrons. The Bertz CT molecular complexity index is 2070. The predicted molar refractivity (Wildman–Crippen MR) is 218 cm³/mol. The van der Waals surface area contributed by atoms with Gasteiger partial charge in [-0.25, -0.2) is 14.9 Å². The molecule has 1 aliphatic heterocycles. The second kappa shape index (κ2) is 22.1. The minimum absolute atomic E-state index is 0.0824. The van der Waals surface area contributed by atoms with Gasteiger partial charge in [-0.3, -0.25) is 24.0 Å². The first-order valence-corrected chi connectivity index (χ1v) is 21.4. The molecule has 1 heterocycles. The van der Waals surface area contributed by atoms with Crippen molar-refractivity contribution in [2.45, 2.75) is 94.3 Å². The van der Waals surface area contributed by atoms with Crippen LogP contribution in [0.4, 0.5) is 0 Å². The highest BCUT2D eigenvalue weighted by molar-refractivity contribution is 8.24. The molecule has 2 aromatic rings. The Morgan fingerprint density at radius 3 is 1.90 bits per heavy atom. The van der Waals surface area contributed by atoms with Crippen LogP contribution in [0.25, 0.3) is 4.85 Å². The van der Waals surface area contributed by atoms with Crippen molar-refractivity contribution in [3.05, 3.63) is 75.5 Å². The van der Waals surface area contributed by atoms with Crippen molar-refractivity contribution in [3.63, 3.8) is 0 Å². The van der Waals surface area contributed by atoms with Gasteiger partial charge in [-0.1, -0.05) is 49.2 Å². The lowest BCUT2D eigenvalue weighted by molar-refractivity contribution is -0.152. The van der Waals surface area contributed by atoms with Crippen LogP contribution in [-0.4, -0.2) is 55.6 Å². The molecule has 60 heavy (non-hydrogen) atoms. The maximum atomic E-state index is 13.5. The second-order valence-electron chi connectivity index (χ2n) is 14.7. The number of thioether (sulfide) groups is 2. The number of carbonyl (C=O) groups is 6. The standard InChI is InChI=1S/C44H46N2O12S2/c1-5-35(47)54-22-23-55-37(49)19-18-36(48)53-21-20-28-8-16-32(17-9-28)56-41(50)30-12-14-31(15-13-30)42(51)57-34-24-27(3)38(58-43(52)29-10-6-26(2)7-11-29)40-39(34)59-44(60-40)33(25-45)46-4/h5,8-9,16-17,24,26,29-31H,1,6-7,10-15,18-23H2,2-3H3/b44-33+. The van der Waals surface area contributed by atoms with Gasteiger partial charge in [0.05, 0.1) is 63.9 Å². The molecule has 0 radical (unpaired) electrons. The van der Waals surface area contributed by atoms with E-state index in [-0.39, 0.29) is 56.0 Å². The van der Waals surface area contributed by atoms with E-state index in [1.165, 1.54) is 0 Å². The summed E-state index contributed by atoms with van der Waals surface area (Å²) in [5, 5.41) is 9.58. The Labute approximate surface area is 357 Å². The molecule has 16 heteroatoms. The predicted octanol–water partition coefficient (Wildman–Crippen LogP) is 7.99. The third-order valence-corrected chi connectivity index (χ3v) is 13.0. The van der Waals surface area contributed by atoms with Crippen LogP contribution in [0.15, 0.2) is 62.7 Å². The summed E-state index contributed by atoms with van der Waals surface area (Å²) < 4.78 is 32.8. The van der Waals surface area contributed by atoms with E-state index in [0.717, 1.165) is 60.8 Å². The first-order valence-electron chi connectivity index (χ1n) is 19.8. The molecule has 0 bridgehead atoms. The van der Waals surface area contributed by atoms with E-state index < -0.39 is 41.7 Å². The van der Waals surface area contributed by atoms with Gasteiger partial charge >= 0.3 is 35.8 Å². The van der Waals surface area contributed by atoms with Gasteiger partial charge in [0, 0.05) is 12.5 Å². The molecule has 3 aliphatic rings. The van der Waals surface area contributed by atoms with E-state index in [2.05, 4.69) is 18.3 Å². The molecule has 0 spiro atoms. The second-order valence-corrected chi connectivity index (χ2v) is 17.0. The molecule has 0 saturated heterocycles. The molecule has 0 N–H and O–H groups in total. The van der Waals surface area contributed by atoms with E-state index in [1.54, 1.807) is 37.3 Å². The molecule has 0 unspecified atom stereocenters. The molecule has 14 nitrogen and oxygen atoms in total. The first kappa shape index (κ1) is 45.5. The number of nitriles is 1. The molecule has 0 atom stereocenters. The number of esters is 6. The monoisotopic (exact) mass is 858 g/mol. The molecule has 2 aliphatic carbocycles. The first-order chi connectivity index (χ1) is 28.9. The van der Waals surface area contributed by atoms with Crippen molar-refractivity contribution < 1.29 is 57.2 Å². The smallest absolute Gasteiger partial charge is 0.330 e.